The maximum Gasteiger partial charge on any atom is 0.345 e. The number of nitrogen functional groups attached to an aromatic ring is 2. The zero-order chi connectivity index (χ0) is 32.7. The van der Waals surface area contributed by atoms with Crippen LogP contribution in [0.2, 0.25) is 0 Å². The number of carbonyl (C=O) groups is 1. The number of thiophene rings is 1. The Hall–Kier alpha value is -3.87. The van der Waals surface area contributed by atoms with Crippen LogP contribution in [0.1, 0.15) is 64.2 Å². The summed E-state index contributed by atoms with van der Waals surface area (Å²) in [5, 5.41) is 10.3. The van der Waals surface area contributed by atoms with Crippen LogP contribution in [0.25, 0.3) is 0 Å². The summed E-state index contributed by atoms with van der Waals surface area (Å²) >= 11 is 3.27. The third kappa shape index (κ3) is 5.56. The van der Waals surface area contributed by atoms with Gasteiger partial charge in [-0.1, -0.05) is 6.07 Å². The highest BCUT2D eigenvalue weighted by Crippen LogP contribution is 2.58. The quantitative estimate of drug-likeness (QED) is 0.362. The van der Waals surface area contributed by atoms with Crippen LogP contribution < -0.4 is 26.0 Å². The van der Waals surface area contributed by atoms with Gasteiger partial charge in [0, 0.05) is 60.7 Å². The van der Waals surface area contributed by atoms with Crippen molar-refractivity contribution >= 4 is 51.5 Å². The topological polar surface area (TPSA) is 160 Å². The minimum Gasteiger partial charge on any atom is -0.467 e. The average Bonchev–Trinajstić information content (AvgIpc) is 3.79. The van der Waals surface area contributed by atoms with Gasteiger partial charge in [0.05, 0.1) is 30.6 Å². The lowest BCUT2D eigenvalue weighted by Gasteiger charge is -2.49. The molecule has 0 amide bonds. The number of halogens is 1. The normalized spacial score (nSPS) is 21.4. The van der Waals surface area contributed by atoms with Crippen molar-refractivity contribution < 1.29 is 18.7 Å². The number of rotatable bonds is 6. The lowest BCUT2D eigenvalue weighted by Crippen LogP contribution is -2.57. The van der Waals surface area contributed by atoms with Gasteiger partial charge in [-0.25, -0.2) is 14.2 Å². The van der Waals surface area contributed by atoms with Gasteiger partial charge in [0.1, 0.15) is 28.6 Å². The Morgan fingerprint density at radius 2 is 2.09 bits per heavy atom. The largest absolute Gasteiger partial charge is 0.467 e. The van der Waals surface area contributed by atoms with Gasteiger partial charge in [-0.3, -0.25) is 4.90 Å². The van der Waals surface area contributed by atoms with Gasteiger partial charge in [-0.05, 0) is 38.8 Å². The van der Waals surface area contributed by atoms with Crippen molar-refractivity contribution in [3.63, 3.8) is 0 Å². The van der Waals surface area contributed by atoms with Crippen LogP contribution in [-0.4, -0.2) is 85.5 Å². The van der Waals surface area contributed by atoms with Crippen molar-refractivity contribution in [2.45, 2.75) is 54.9 Å². The van der Waals surface area contributed by atoms with Crippen LogP contribution in [0, 0.1) is 11.3 Å². The van der Waals surface area contributed by atoms with Crippen molar-refractivity contribution in [2.24, 2.45) is 0 Å². The van der Waals surface area contributed by atoms with E-state index in [0.29, 0.717) is 53.7 Å². The average molecular weight is 668 g/mol. The standard InChI is InChI=1S/C24H26N8O3S2.C7H12FN/c1-12(13-6-5-7-28-18(13)26)31(2)20-16(22(33)34-3)21(30-23(29-20)35-4)32-10-24(11-32)17-14(8-25)19(27)37-15(17)9-36-24;8-6-4-7-2-1-3-9(7)5-6/h5-7,12H,9-11,27H2,1-4H3,(H2,26,28);6-7H,1-5H2. The Balaban J connectivity index is 0.000000352. The molecule has 4 aliphatic rings. The molecule has 0 aromatic carbocycles. The van der Waals surface area contributed by atoms with E-state index in [1.54, 1.807) is 18.0 Å². The smallest absolute Gasteiger partial charge is 0.345 e. The Labute approximate surface area is 275 Å². The number of hydrogen-bond donors (Lipinski definition) is 2. The SMILES string of the molecule is COC(=O)c1c(N2CC3(C2)SCc2sc(N)c(C#N)c23)nc(OC)nc1N(C)C(C)c1cccnc1N.FC1CC2CCCN2C1. The highest BCUT2D eigenvalue weighted by Gasteiger charge is 2.53. The highest BCUT2D eigenvalue weighted by atomic mass is 32.2. The van der Waals surface area contributed by atoms with Crippen LogP contribution in [0.3, 0.4) is 0 Å². The summed E-state index contributed by atoms with van der Waals surface area (Å²) in [6.45, 7) is 4.90. The van der Waals surface area contributed by atoms with E-state index in [4.69, 9.17) is 20.9 Å². The number of methoxy groups -OCH3 is 2. The number of alkyl halides is 1. The monoisotopic (exact) mass is 667 g/mol. The second-order valence-corrected chi connectivity index (χ2v) is 14.5. The molecule has 15 heteroatoms. The maximum absolute atomic E-state index is 13.1. The van der Waals surface area contributed by atoms with Gasteiger partial charge in [0.2, 0.25) is 0 Å². The summed E-state index contributed by atoms with van der Waals surface area (Å²) in [6.07, 6.45) is 4.44. The van der Waals surface area contributed by atoms with E-state index in [-0.39, 0.29) is 22.4 Å². The third-order valence-electron chi connectivity index (χ3n) is 9.37. The van der Waals surface area contributed by atoms with Gasteiger partial charge in [-0.15, -0.1) is 23.1 Å². The number of thioether (sulfide) groups is 1. The first kappa shape index (κ1) is 32.1. The fourth-order valence-electron chi connectivity index (χ4n) is 6.92. The molecule has 7 rings (SSSR count). The molecule has 0 bridgehead atoms. The second-order valence-electron chi connectivity index (χ2n) is 12.0. The summed E-state index contributed by atoms with van der Waals surface area (Å²) in [6, 6.07) is 6.43. The first-order valence-electron chi connectivity index (χ1n) is 15.2. The number of fused-ring (bicyclic) bond motifs is 3. The zero-order valence-corrected chi connectivity index (χ0v) is 28.0. The Morgan fingerprint density at radius 3 is 2.76 bits per heavy atom. The molecule has 1 spiro atoms. The van der Waals surface area contributed by atoms with E-state index in [2.05, 4.69) is 25.9 Å². The van der Waals surface area contributed by atoms with Gasteiger partial charge in [0.15, 0.2) is 11.6 Å². The predicted octanol–water partition coefficient (Wildman–Crippen LogP) is 4.12. The minimum atomic E-state index is -0.566. The molecule has 4 N–H and O–H groups in total. The summed E-state index contributed by atoms with van der Waals surface area (Å²) in [5.74, 6) is 1.39. The summed E-state index contributed by atoms with van der Waals surface area (Å²) in [5.41, 5.74) is 14.8. The molecular formula is C31H38FN9O3S2. The maximum atomic E-state index is 13.1. The number of ether oxygens (including phenoxy) is 2. The van der Waals surface area contributed by atoms with Gasteiger partial charge in [0.25, 0.3) is 0 Å². The molecule has 0 saturated carbocycles. The molecule has 0 aliphatic carbocycles. The Kier molecular flexibility index (Phi) is 8.88. The van der Waals surface area contributed by atoms with E-state index < -0.39 is 12.1 Å². The number of hydrogen-bond acceptors (Lipinski definition) is 14. The van der Waals surface area contributed by atoms with Gasteiger partial charge >= 0.3 is 12.0 Å². The molecule has 46 heavy (non-hydrogen) atoms. The molecule has 0 radical (unpaired) electrons. The van der Waals surface area contributed by atoms with Crippen molar-refractivity contribution in [1.82, 2.24) is 19.9 Å². The second kappa shape index (κ2) is 12.7. The summed E-state index contributed by atoms with van der Waals surface area (Å²) in [4.78, 5) is 33.7. The van der Waals surface area contributed by atoms with Crippen molar-refractivity contribution in [1.29, 1.82) is 5.26 Å². The fraction of sp³-hybridized carbons (Fsp3) is 0.516. The predicted molar refractivity (Wildman–Crippen MR) is 178 cm³/mol. The van der Waals surface area contributed by atoms with E-state index in [1.807, 2.05) is 35.9 Å². The summed E-state index contributed by atoms with van der Waals surface area (Å²) < 4.78 is 22.9. The lowest BCUT2D eigenvalue weighted by atomic mass is 9.88. The van der Waals surface area contributed by atoms with Crippen LogP contribution in [0.5, 0.6) is 6.01 Å². The minimum absolute atomic E-state index is 0.120. The molecule has 244 valence electrons. The van der Waals surface area contributed by atoms with E-state index in [1.165, 1.54) is 38.4 Å². The Morgan fingerprint density at radius 1 is 1.30 bits per heavy atom. The van der Waals surface area contributed by atoms with Crippen LogP contribution >= 0.6 is 23.1 Å². The molecule has 4 aliphatic heterocycles. The van der Waals surface area contributed by atoms with E-state index in [0.717, 1.165) is 34.7 Å². The zero-order valence-electron chi connectivity index (χ0n) is 26.3. The number of pyridine rings is 1. The van der Waals surface area contributed by atoms with Gasteiger partial charge < -0.3 is 30.7 Å². The number of esters is 1. The van der Waals surface area contributed by atoms with Crippen molar-refractivity contribution in [2.75, 3.05) is 68.7 Å². The van der Waals surface area contributed by atoms with Crippen molar-refractivity contribution in [3.8, 4) is 12.1 Å². The number of anilines is 4. The number of aromatic nitrogens is 3. The highest BCUT2D eigenvalue weighted by molar-refractivity contribution is 8.00. The molecule has 3 unspecified atom stereocenters. The molecule has 3 saturated heterocycles. The number of nitriles is 1. The van der Waals surface area contributed by atoms with Crippen molar-refractivity contribution in [3.05, 3.63) is 45.5 Å². The van der Waals surface area contributed by atoms with Crippen LogP contribution in [0.4, 0.5) is 26.8 Å². The molecule has 7 heterocycles. The first-order chi connectivity index (χ1) is 22.1. The number of nitrogens with zero attached hydrogens (tertiary/aromatic N) is 7. The molecular weight excluding hydrogens is 630 g/mol. The molecule has 3 aromatic rings. The lowest BCUT2D eigenvalue weighted by molar-refractivity contribution is 0.0600. The fourth-order valence-corrected chi connectivity index (χ4v) is 9.72. The summed E-state index contributed by atoms with van der Waals surface area (Å²) in [7, 11) is 4.62. The van der Waals surface area contributed by atoms with E-state index in [9.17, 15) is 14.4 Å². The Bertz CT molecular complexity index is 1660. The number of nitrogens with two attached hydrogens (primary N) is 2. The number of carbonyl (C=O) groups excluding carboxylic acids is 1. The molecule has 12 nitrogen and oxygen atoms in total. The molecule has 3 atom stereocenters. The first-order valence-corrected chi connectivity index (χ1v) is 17.0. The molecule has 3 aromatic heterocycles. The van der Waals surface area contributed by atoms with Crippen LogP contribution in [-0.2, 0) is 15.2 Å². The molecule has 3 fully saturated rings. The van der Waals surface area contributed by atoms with E-state index >= 15 is 0 Å². The van der Waals surface area contributed by atoms with Gasteiger partial charge in [-0.2, -0.15) is 15.2 Å². The van der Waals surface area contributed by atoms with Crippen LogP contribution in [0.15, 0.2) is 18.3 Å². The third-order valence-corrected chi connectivity index (χ3v) is 12.0.